The number of amides is 1. The normalized spacial score (nSPS) is 20.2. The number of anilines is 1. The largest absolute Gasteiger partial charge is 0.479 e. The number of carbonyl (C=O) groups is 1. The second-order valence-corrected chi connectivity index (χ2v) is 4.62. The summed E-state index contributed by atoms with van der Waals surface area (Å²) in [5, 5.41) is 2.82. The molecule has 0 spiro atoms. The van der Waals surface area contributed by atoms with E-state index >= 15 is 0 Å². The molecule has 1 heterocycles. The summed E-state index contributed by atoms with van der Waals surface area (Å²) >= 11 is 0. The first-order chi connectivity index (χ1) is 8.10. The topological polar surface area (TPSA) is 64.3 Å². The van der Waals surface area contributed by atoms with Gasteiger partial charge in [-0.25, -0.2) is 0 Å². The van der Waals surface area contributed by atoms with Gasteiger partial charge in [0.05, 0.1) is 5.69 Å². The summed E-state index contributed by atoms with van der Waals surface area (Å²) in [7, 11) is 0. The molecule has 0 aromatic heterocycles. The Balaban J connectivity index is 2.19. The lowest BCUT2D eigenvalue weighted by molar-refractivity contribution is -0.122. The van der Waals surface area contributed by atoms with Crippen molar-refractivity contribution in [1.82, 2.24) is 0 Å². The number of fused-ring (bicyclic) bond motifs is 1. The van der Waals surface area contributed by atoms with Gasteiger partial charge in [-0.05, 0) is 43.5 Å². The minimum absolute atomic E-state index is 0.0967. The number of carbonyl (C=O) groups excluding carboxylic acids is 1. The first kappa shape index (κ1) is 11.9. The molecular formula is C13H18N2O2. The first-order valence-corrected chi connectivity index (χ1v) is 5.90. The van der Waals surface area contributed by atoms with Crippen LogP contribution in [-0.2, 0) is 11.2 Å². The highest BCUT2D eigenvalue weighted by Gasteiger charge is 2.23. The fourth-order valence-corrected chi connectivity index (χ4v) is 1.86. The highest BCUT2D eigenvalue weighted by atomic mass is 16.5. The van der Waals surface area contributed by atoms with Crippen LogP contribution in [0, 0.1) is 5.92 Å². The van der Waals surface area contributed by atoms with E-state index in [1.54, 1.807) is 6.92 Å². The SMILES string of the molecule is CC(CN)Cc1ccc2c(c1)OC(C)C(=O)N2. The van der Waals surface area contributed by atoms with Crippen molar-refractivity contribution in [3.63, 3.8) is 0 Å². The molecular weight excluding hydrogens is 216 g/mol. The van der Waals surface area contributed by atoms with Crippen molar-refractivity contribution >= 4 is 11.6 Å². The standard InChI is InChI=1S/C13H18N2O2/c1-8(7-14)5-10-3-4-11-12(6-10)17-9(2)13(16)15-11/h3-4,6,8-9H,5,7,14H2,1-2H3,(H,15,16). The van der Waals surface area contributed by atoms with E-state index in [0.29, 0.717) is 12.5 Å². The van der Waals surface area contributed by atoms with E-state index in [0.717, 1.165) is 17.9 Å². The predicted octanol–water partition coefficient (Wildman–Crippen LogP) is 1.54. The zero-order chi connectivity index (χ0) is 12.4. The molecule has 1 amide bonds. The van der Waals surface area contributed by atoms with Crippen LogP contribution < -0.4 is 15.8 Å². The van der Waals surface area contributed by atoms with Crippen LogP contribution >= 0.6 is 0 Å². The third kappa shape index (κ3) is 2.58. The van der Waals surface area contributed by atoms with Gasteiger partial charge in [0.15, 0.2) is 6.10 Å². The van der Waals surface area contributed by atoms with Crippen molar-refractivity contribution in [2.24, 2.45) is 11.7 Å². The number of rotatable bonds is 3. The Morgan fingerprint density at radius 1 is 1.53 bits per heavy atom. The van der Waals surface area contributed by atoms with Crippen LogP contribution in [0.5, 0.6) is 5.75 Å². The van der Waals surface area contributed by atoms with E-state index in [-0.39, 0.29) is 5.91 Å². The Bertz CT molecular complexity index is 431. The second-order valence-electron chi connectivity index (χ2n) is 4.62. The molecule has 0 saturated heterocycles. The Morgan fingerprint density at radius 3 is 3.00 bits per heavy atom. The summed E-state index contributed by atoms with van der Waals surface area (Å²) in [6, 6.07) is 5.87. The molecule has 1 aliphatic heterocycles. The molecule has 2 rings (SSSR count). The molecule has 1 aromatic carbocycles. The van der Waals surface area contributed by atoms with Crippen molar-refractivity contribution in [2.75, 3.05) is 11.9 Å². The van der Waals surface area contributed by atoms with Crippen molar-refractivity contribution in [3.05, 3.63) is 23.8 Å². The fraction of sp³-hybridized carbons (Fsp3) is 0.462. The third-order valence-electron chi connectivity index (χ3n) is 2.96. The first-order valence-electron chi connectivity index (χ1n) is 5.90. The summed E-state index contributed by atoms with van der Waals surface area (Å²) in [4.78, 5) is 11.4. The van der Waals surface area contributed by atoms with E-state index in [9.17, 15) is 4.79 Å². The van der Waals surface area contributed by atoms with Gasteiger partial charge in [-0.15, -0.1) is 0 Å². The lowest BCUT2D eigenvalue weighted by Crippen LogP contribution is -2.34. The number of hydrogen-bond donors (Lipinski definition) is 2. The molecule has 0 bridgehead atoms. The molecule has 4 heteroatoms. The van der Waals surface area contributed by atoms with Crippen LogP contribution in [0.1, 0.15) is 19.4 Å². The Kier molecular flexibility index (Phi) is 3.33. The van der Waals surface area contributed by atoms with Crippen LogP contribution in [0.15, 0.2) is 18.2 Å². The van der Waals surface area contributed by atoms with Gasteiger partial charge >= 0.3 is 0 Å². The monoisotopic (exact) mass is 234 g/mol. The zero-order valence-electron chi connectivity index (χ0n) is 10.2. The molecule has 1 aromatic rings. The van der Waals surface area contributed by atoms with Crippen molar-refractivity contribution in [3.8, 4) is 5.75 Å². The highest BCUT2D eigenvalue weighted by Crippen LogP contribution is 2.31. The maximum Gasteiger partial charge on any atom is 0.265 e. The van der Waals surface area contributed by atoms with Crippen molar-refractivity contribution < 1.29 is 9.53 Å². The molecule has 0 aliphatic carbocycles. The third-order valence-corrected chi connectivity index (χ3v) is 2.96. The molecule has 1 aliphatic rings. The van der Waals surface area contributed by atoms with E-state index < -0.39 is 6.10 Å². The molecule has 92 valence electrons. The zero-order valence-corrected chi connectivity index (χ0v) is 10.2. The van der Waals surface area contributed by atoms with Crippen LogP contribution in [0.2, 0.25) is 0 Å². The van der Waals surface area contributed by atoms with Crippen molar-refractivity contribution in [1.29, 1.82) is 0 Å². The minimum atomic E-state index is -0.426. The van der Waals surface area contributed by atoms with Crippen LogP contribution in [0.3, 0.4) is 0 Å². The molecule has 3 N–H and O–H groups in total. The molecule has 17 heavy (non-hydrogen) atoms. The van der Waals surface area contributed by atoms with Gasteiger partial charge in [0.2, 0.25) is 0 Å². The average Bonchev–Trinajstić information content (AvgIpc) is 2.31. The number of nitrogens with one attached hydrogen (secondary N) is 1. The van der Waals surface area contributed by atoms with Gasteiger partial charge < -0.3 is 15.8 Å². The molecule has 0 fully saturated rings. The molecule has 0 radical (unpaired) electrons. The molecule has 2 atom stereocenters. The maximum absolute atomic E-state index is 11.4. The predicted molar refractivity (Wildman–Crippen MR) is 67.1 cm³/mol. The van der Waals surface area contributed by atoms with Crippen LogP contribution in [-0.4, -0.2) is 18.6 Å². The molecule has 2 unspecified atom stereocenters. The van der Waals surface area contributed by atoms with Gasteiger partial charge in [-0.1, -0.05) is 13.0 Å². The van der Waals surface area contributed by atoms with Crippen molar-refractivity contribution in [2.45, 2.75) is 26.4 Å². The second kappa shape index (κ2) is 4.75. The fourth-order valence-electron chi connectivity index (χ4n) is 1.86. The lowest BCUT2D eigenvalue weighted by atomic mass is 10.0. The lowest BCUT2D eigenvalue weighted by Gasteiger charge is -2.24. The van der Waals surface area contributed by atoms with E-state index in [1.165, 1.54) is 5.56 Å². The van der Waals surface area contributed by atoms with E-state index in [1.807, 2.05) is 18.2 Å². The Labute approximate surface area is 101 Å². The van der Waals surface area contributed by atoms with E-state index in [2.05, 4.69) is 12.2 Å². The summed E-state index contributed by atoms with van der Waals surface area (Å²) in [5.41, 5.74) is 7.54. The van der Waals surface area contributed by atoms with Gasteiger partial charge in [-0.2, -0.15) is 0 Å². The number of hydrogen-bond acceptors (Lipinski definition) is 3. The van der Waals surface area contributed by atoms with Crippen LogP contribution in [0.4, 0.5) is 5.69 Å². The average molecular weight is 234 g/mol. The van der Waals surface area contributed by atoms with Gasteiger partial charge in [-0.3, -0.25) is 4.79 Å². The summed E-state index contributed by atoms with van der Waals surface area (Å²) in [5.74, 6) is 1.10. The quantitative estimate of drug-likeness (QED) is 0.834. The smallest absolute Gasteiger partial charge is 0.265 e. The minimum Gasteiger partial charge on any atom is -0.479 e. The molecule has 0 saturated carbocycles. The summed E-state index contributed by atoms with van der Waals surface area (Å²) in [6.07, 6.45) is 0.500. The Morgan fingerprint density at radius 2 is 2.29 bits per heavy atom. The summed E-state index contributed by atoms with van der Waals surface area (Å²) in [6.45, 7) is 4.53. The number of benzene rings is 1. The van der Waals surface area contributed by atoms with E-state index in [4.69, 9.17) is 10.5 Å². The number of ether oxygens (including phenoxy) is 1. The Hall–Kier alpha value is -1.55. The highest BCUT2D eigenvalue weighted by molar-refractivity contribution is 5.97. The number of nitrogens with two attached hydrogens (primary N) is 1. The summed E-state index contributed by atoms with van der Waals surface area (Å²) < 4.78 is 5.56. The maximum atomic E-state index is 11.4. The van der Waals surface area contributed by atoms with Gasteiger partial charge in [0, 0.05) is 0 Å². The molecule has 4 nitrogen and oxygen atoms in total. The van der Waals surface area contributed by atoms with Gasteiger partial charge in [0.25, 0.3) is 5.91 Å². The van der Waals surface area contributed by atoms with Crippen LogP contribution in [0.25, 0.3) is 0 Å². The van der Waals surface area contributed by atoms with Gasteiger partial charge in [0.1, 0.15) is 5.75 Å².